The average Bonchev–Trinajstić information content (AvgIpc) is 3.16. The predicted octanol–water partition coefficient (Wildman–Crippen LogP) is 4.11. The molecule has 0 spiro atoms. The molecule has 0 amide bonds. The number of aryl methyl sites for hydroxylation is 1. The van der Waals surface area contributed by atoms with E-state index in [2.05, 4.69) is 21.7 Å². The minimum Gasteiger partial charge on any atom is -0.490 e. The van der Waals surface area contributed by atoms with Crippen LogP contribution in [0.4, 0.5) is 21.7 Å². The van der Waals surface area contributed by atoms with Crippen LogP contribution in [0.15, 0.2) is 41.3 Å². The zero-order chi connectivity index (χ0) is 20.5. The number of fused-ring (bicyclic) bond motifs is 1. The van der Waals surface area contributed by atoms with E-state index in [9.17, 15) is 9.18 Å². The molecule has 0 saturated heterocycles. The summed E-state index contributed by atoms with van der Waals surface area (Å²) in [6.07, 6.45) is 2.28. The van der Waals surface area contributed by atoms with Crippen molar-refractivity contribution in [3.63, 3.8) is 0 Å². The number of hydrogen-bond acceptors (Lipinski definition) is 5. The molecule has 0 unspecified atom stereocenters. The van der Waals surface area contributed by atoms with Gasteiger partial charge in [0.1, 0.15) is 5.82 Å². The van der Waals surface area contributed by atoms with Crippen LogP contribution in [0.1, 0.15) is 16.7 Å². The van der Waals surface area contributed by atoms with Crippen molar-refractivity contribution in [2.75, 3.05) is 24.3 Å². The number of halogens is 2. The third-order valence-corrected chi connectivity index (χ3v) is 5.18. The van der Waals surface area contributed by atoms with E-state index in [0.717, 1.165) is 35.5 Å². The maximum Gasteiger partial charge on any atom is 0.297 e. The summed E-state index contributed by atoms with van der Waals surface area (Å²) in [5.74, 6) is -0.0106. The van der Waals surface area contributed by atoms with Crippen LogP contribution >= 0.6 is 11.6 Å². The Labute approximate surface area is 172 Å². The van der Waals surface area contributed by atoms with Crippen molar-refractivity contribution in [3.8, 4) is 5.75 Å². The minimum atomic E-state index is -0.507. The fourth-order valence-corrected chi connectivity index (χ4v) is 3.68. The van der Waals surface area contributed by atoms with Gasteiger partial charge in [-0.3, -0.25) is 9.36 Å². The van der Waals surface area contributed by atoms with Gasteiger partial charge in [0.25, 0.3) is 5.56 Å². The van der Waals surface area contributed by atoms with Crippen LogP contribution in [0.2, 0.25) is 5.02 Å². The molecule has 0 fully saturated rings. The number of rotatable bonds is 5. The largest absolute Gasteiger partial charge is 0.490 e. The van der Waals surface area contributed by atoms with E-state index in [4.69, 9.17) is 16.3 Å². The van der Waals surface area contributed by atoms with Crippen molar-refractivity contribution in [1.29, 1.82) is 0 Å². The van der Waals surface area contributed by atoms with Gasteiger partial charge in [-0.25, -0.2) is 9.37 Å². The highest BCUT2D eigenvalue weighted by Crippen LogP contribution is 2.32. The summed E-state index contributed by atoms with van der Waals surface area (Å²) in [7, 11) is 1.42. The molecule has 2 aromatic carbocycles. The zero-order valence-corrected chi connectivity index (χ0v) is 16.8. The van der Waals surface area contributed by atoms with Crippen molar-refractivity contribution in [2.24, 2.45) is 0 Å². The van der Waals surface area contributed by atoms with Gasteiger partial charge in [-0.2, -0.15) is 0 Å². The number of aromatic nitrogens is 2. The minimum absolute atomic E-state index is 0.00323. The quantitative estimate of drug-likeness (QED) is 0.657. The van der Waals surface area contributed by atoms with E-state index in [1.165, 1.54) is 30.0 Å². The van der Waals surface area contributed by atoms with Crippen LogP contribution in [-0.4, -0.2) is 23.2 Å². The van der Waals surface area contributed by atoms with E-state index in [-0.39, 0.29) is 22.9 Å². The van der Waals surface area contributed by atoms with Crippen molar-refractivity contribution in [3.05, 3.63) is 74.4 Å². The molecule has 8 heteroatoms. The van der Waals surface area contributed by atoms with Crippen LogP contribution in [0.3, 0.4) is 0 Å². The Balaban J connectivity index is 1.77. The molecule has 150 valence electrons. The van der Waals surface area contributed by atoms with Gasteiger partial charge >= 0.3 is 0 Å². The summed E-state index contributed by atoms with van der Waals surface area (Å²) < 4.78 is 20.1. The normalized spacial score (nSPS) is 12.4. The summed E-state index contributed by atoms with van der Waals surface area (Å²) in [5.41, 5.74) is 4.55. The lowest BCUT2D eigenvalue weighted by atomic mass is 10.1. The Hall–Kier alpha value is -3.06. The molecular formula is C21H20ClFN4O2. The third kappa shape index (κ3) is 3.78. The first-order chi connectivity index (χ1) is 14.0. The van der Waals surface area contributed by atoms with Crippen LogP contribution in [0, 0.1) is 12.7 Å². The van der Waals surface area contributed by atoms with Crippen LogP contribution in [0.5, 0.6) is 5.75 Å². The average molecular weight is 415 g/mol. The van der Waals surface area contributed by atoms with E-state index >= 15 is 0 Å². The number of hydrogen-bond donors (Lipinski definition) is 2. The SMILES string of the molecule is COc1cnc(Nc2cc(C)cc3c2CCN3)n(Cc2ccc(F)c(Cl)c2)c1=O. The van der Waals surface area contributed by atoms with Crippen LogP contribution in [-0.2, 0) is 13.0 Å². The Morgan fingerprint density at radius 2 is 2.17 bits per heavy atom. The molecule has 0 radical (unpaired) electrons. The number of benzene rings is 2. The summed E-state index contributed by atoms with van der Waals surface area (Å²) >= 11 is 5.90. The molecule has 1 aromatic heterocycles. The summed E-state index contributed by atoms with van der Waals surface area (Å²) in [4.78, 5) is 17.3. The Kier molecular flexibility index (Phi) is 5.15. The number of anilines is 3. The molecule has 0 aliphatic carbocycles. The Morgan fingerprint density at radius 3 is 2.93 bits per heavy atom. The molecule has 1 aliphatic rings. The lowest BCUT2D eigenvalue weighted by Crippen LogP contribution is -2.25. The van der Waals surface area contributed by atoms with Gasteiger partial charge in [-0.05, 0) is 48.7 Å². The van der Waals surface area contributed by atoms with Gasteiger partial charge in [0.05, 0.1) is 24.9 Å². The van der Waals surface area contributed by atoms with E-state index in [1.54, 1.807) is 6.07 Å². The van der Waals surface area contributed by atoms with Crippen LogP contribution < -0.4 is 20.9 Å². The first-order valence-electron chi connectivity index (χ1n) is 9.18. The topological polar surface area (TPSA) is 68.2 Å². The summed E-state index contributed by atoms with van der Waals surface area (Å²) in [6.45, 7) is 3.04. The van der Waals surface area contributed by atoms with Gasteiger partial charge in [-0.1, -0.05) is 17.7 Å². The highest BCUT2D eigenvalue weighted by molar-refractivity contribution is 6.30. The molecule has 2 N–H and O–H groups in total. The van der Waals surface area contributed by atoms with Crippen molar-refractivity contribution >= 4 is 28.9 Å². The Bertz CT molecular complexity index is 1150. The molecule has 2 heterocycles. The van der Waals surface area contributed by atoms with Gasteiger partial charge in [0.15, 0.2) is 0 Å². The van der Waals surface area contributed by atoms with E-state index < -0.39 is 5.82 Å². The number of ether oxygens (including phenoxy) is 1. The molecule has 0 saturated carbocycles. The van der Waals surface area contributed by atoms with Gasteiger partial charge < -0.3 is 15.4 Å². The van der Waals surface area contributed by atoms with Crippen molar-refractivity contribution in [1.82, 2.24) is 9.55 Å². The lowest BCUT2D eigenvalue weighted by Gasteiger charge is -2.17. The molecule has 0 bridgehead atoms. The first kappa shape index (κ1) is 19.3. The second-order valence-corrected chi connectivity index (χ2v) is 7.34. The predicted molar refractivity (Wildman–Crippen MR) is 112 cm³/mol. The molecule has 29 heavy (non-hydrogen) atoms. The lowest BCUT2D eigenvalue weighted by molar-refractivity contribution is 0.401. The maximum absolute atomic E-state index is 13.5. The second kappa shape index (κ2) is 7.75. The molecule has 3 aromatic rings. The maximum atomic E-state index is 13.5. The van der Waals surface area contributed by atoms with Gasteiger partial charge in [-0.15, -0.1) is 0 Å². The molecular weight excluding hydrogens is 395 g/mol. The fourth-order valence-electron chi connectivity index (χ4n) is 3.48. The van der Waals surface area contributed by atoms with E-state index in [1.807, 2.05) is 13.0 Å². The highest BCUT2D eigenvalue weighted by Gasteiger charge is 2.18. The molecule has 4 rings (SSSR count). The zero-order valence-electron chi connectivity index (χ0n) is 16.1. The Morgan fingerprint density at radius 1 is 1.34 bits per heavy atom. The summed E-state index contributed by atoms with van der Waals surface area (Å²) in [6, 6.07) is 8.50. The third-order valence-electron chi connectivity index (χ3n) is 4.89. The first-order valence-corrected chi connectivity index (χ1v) is 9.56. The fraction of sp³-hybridized carbons (Fsp3) is 0.238. The van der Waals surface area contributed by atoms with Gasteiger partial charge in [0, 0.05) is 23.5 Å². The molecule has 6 nitrogen and oxygen atoms in total. The number of nitrogens with one attached hydrogen (secondary N) is 2. The standard InChI is InChI=1S/C21H20ClFN4O2/c1-12-7-17-14(5-6-24-17)18(8-12)26-21-25-10-19(29-2)20(28)27(21)11-13-3-4-16(23)15(22)9-13/h3-4,7-10,24H,5-6,11H2,1-2H3,(H,25,26). The number of nitrogens with zero attached hydrogens (tertiary/aromatic N) is 2. The van der Waals surface area contributed by atoms with Crippen molar-refractivity contribution in [2.45, 2.75) is 19.9 Å². The molecule has 0 atom stereocenters. The van der Waals surface area contributed by atoms with Crippen LogP contribution in [0.25, 0.3) is 0 Å². The number of methoxy groups -OCH3 is 1. The highest BCUT2D eigenvalue weighted by atomic mass is 35.5. The smallest absolute Gasteiger partial charge is 0.297 e. The summed E-state index contributed by atoms with van der Waals surface area (Å²) in [5, 5.41) is 6.67. The van der Waals surface area contributed by atoms with E-state index in [0.29, 0.717) is 11.5 Å². The van der Waals surface area contributed by atoms with Crippen molar-refractivity contribution < 1.29 is 9.13 Å². The molecule has 1 aliphatic heterocycles. The monoisotopic (exact) mass is 414 g/mol. The van der Waals surface area contributed by atoms with Gasteiger partial charge in [0.2, 0.25) is 11.7 Å². The second-order valence-electron chi connectivity index (χ2n) is 6.93.